The molecule has 1 heterocycles. The van der Waals surface area contributed by atoms with Crippen molar-refractivity contribution >= 4 is 18.2 Å². The topological polar surface area (TPSA) is 75.7 Å². The van der Waals surface area contributed by atoms with Crippen LogP contribution in [0.25, 0.3) is 0 Å². The SMILES string of the molecule is CCC1C[C@]1(NC(=O)C1C[C@@H](OC=O)CN1C)C(=O)C1CC1. The van der Waals surface area contributed by atoms with Gasteiger partial charge in [-0.2, -0.15) is 0 Å². The van der Waals surface area contributed by atoms with Crippen LogP contribution in [0.4, 0.5) is 0 Å². The summed E-state index contributed by atoms with van der Waals surface area (Å²) in [6.45, 7) is 3.05. The largest absolute Gasteiger partial charge is 0.463 e. The lowest BCUT2D eigenvalue weighted by atomic mass is 10.0. The first kappa shape index (κ1) is 15.5. The molecule has 122 valence electrons. The molecule has 0 spiro atoms. The van der Waals surface area contributed by atoms with Crippen LogP contribution in [-0.2, 0) is 19.1 Å². The molecule has 0 aromatic rings. The number of likely N-dealkylation sites (N-methyl/N-ethyl adjacent to an activating group) is 1. The van der Waals surface area contributed by atoms with Gasteiger partial charge in [0.05, 0.1) is 6.04 Å². The summed E-state index contributed by atoms with van der Waals surface area (Å²) in [4.78, 5) is 37.5. The van der Waals surface area contributed by atoms with Crippen molar-refractivity contribution in [2.75, 3.05) is 13.6 Å². The lowest BCUT2D eigenvalue weighted by molar-refractivity contribution is -0.133. The third kappa shape index (κ3) is 2.64. The molecule has 2 saturated carbocycles. The molecule has 1 N–H and O–H groups in total. The number of Topliss-reactive ketones (excluding diaryl/α,β-unsaturated/α-hetero) is 1. The van der Waals surface area contributed by atoms with E-state index in [0.717, 1.165) is 25.7 Å². The molecule has 0 aromatic heterocycles. The van der Waals surface area contributed by atoms with Crippen LogP contribution < -0.4 is 5.32 Å². The number of nitrogens with zero attached hydrogens (tertiary/aromatic N) is 1. The van der Waals surface area contributed by atoms with E-state index in [9.17, 15) is 14.4 Å². The number of carbonyl (C=O) groups is 3. The van der Waals surface area contributed by atoms with E-state index in [0.29, 0.717) is 19.4 Å². The molecule has 0 aromatic carbocycles. The van der Waals surface area contributed by atoms with Gasteiger partial charge < -0.3 is 10.1 Å². The minimum Gasteiger partial charge on any atom is -0.463 e. The summed E-state index contributed by atoms with van der Waals surface area (Å²) in [5.74, 6) is 0.557. The van der Waals surface area contributed by atoms with Crippen LogP contribution >= 0.6 is 0 Å². The van der Waals surface area contributed by atoms with Gasteiger partial charge in [-0.15, -0.1) is 0 Å². The zero-order valence-corrected chi connectivity index (χ0v) is 13.2. The fourth-order valence-corrected chi connectivity index (χ4v) is 3.79. The third-order valence-electron chi connectivity index (χ3n) is 5.39. The zero-order valence-electron chi connectivity index (χ0n) is 13.2. The smallest absolute Gasteiger partial charge is 0.293 e. The molecule has 0 radical (unpaired) electrons. The van der Waals surface area contributed by atoms with Crippen molar-refractivity contribution in [2.45, 2.75) is 56.7 Å². The van der Waals surface area contributed by atoms with Crippen molar-refractivity contribution in [1.29, 1.82) is 0 Å². The molecule has 4 atom stereocenters. The molecule has 6 heteroatoms. The normalized spacial score (nSPS) is 37.6. The number of ether oxygens (including phenoxy) is 1. The second-order valence-corrected chi connectivity index (χ2v) is 6.95. The molecule has 1 saturated heterocycles. The number of carbonyl (C=O) groups excluding carboxylic acids is 3. The molecular formula is C16H24N2O4. The summed E-state index contributed by atoms with van der Waals surface area (Å²) in [6.07, 6.45) is 3.86. The van der Waals surface area contributed by atoms with Crippen molar-refractivity contribution in [3.05, 3.63) is 0 Å². The van der Waals surface area contributed by atoms with Crippen molar-refractivity contribution in [3.63, 3.8) is 0 Å². The van der Waals surface area contributed by atoms with Gasteiger partial charge in [0.15, 0.2) is 5.78 Å². The van der Waals surface area contributed by atoms with Gasteiger partial charge in [0.25, 0.3) is 6.47 Å². The number of hydrogen-bond acceptors (Lipinski definition) is 5. The van der Waals surface area contributed by atoms with Crippen molar-refractivity contribution in [1.82, 2.24) is 10.2 Å². The lowest BCUT2D eigenvalue weighted by Crippen LogP contribution is -2.51. The fourth-order valence-electron chi connectivity index (χ4n) is 3.79. The van der Waals surface area contributed by atoms with Gasteiger partial charge in [0.1, 0.15) is 11.6 Å². The predicted molar refractivity (Wildman–Crippen MR) is 79.0 cm³/mol. The van der Waals surface area contributed by atoms with Gasteiger partial charge in [-0.05, 0) is 32.2 Å². The number of hydrogen-bond donors (Lipinski definition) is 1. The van der Waals surface area contributed by atoms with E-state index in [1.807, 2.05) is 11.9 Å². The second-order valence-electron chi connectivity index (χ2n) is 6.95. The number of amides is 1. The molecule has 2 unspecified atom stereocenters. The number of likely N-dealkylation sites (tertiary alicyclic amines) is 1. The maximum Gasteiger partial charge on any atom is 0.293 e. The van der Waals surface area contributed by atoms with E-state index < -0.39 is 5.54 Å². The van der Waals surface area contributed by atoms with Crippen LogP contribution in [0.2, 0.25) is 0 Å². The predicted octanol–water partition coefficient (Wildman–Crippen LogP) is 0.496. The van der Waals surface area contributed by atoms with Gasteiger partial charge in [-0.1, -0.05) is 13.3 Å². The number of rotatable bonds is 7. The fraction of sp³-hybridized carbons (Fsp3) is 0.812. The molecule has 6 nitrogen and oxygen atoms in total. The quantitative estimate of drug-likeness (QED) is 0.693. The molecule has 3 rings (SSSR count). The summed E-state index contributed by atoms with van der Waals surface area (Å²) in [6, 6.07) is -0.327. The molecule has 1 aliphatic heterocycles. The Labute approximate surface area is 130 Å². The third-order valence-corrected chi connectivity index (χ3v) is 5.39. The Morgan fingerprint density at radius 1 is 1.41 bits per heavy atom. The Bertz CT molecular complexity index is 491. The summed E-state index contributed by atoms with van der Waals surface area (Å²) in [5, 5.41) is 3.05. The van der Waals surface area contributed by atoms with Gasteiger partial charge in [0.2, 0.25) is 5.91 Å². The van der Waals surface area contributed by atoms with Crippen LogP contribution in [-0.4, -0.2) is 54.3 Å². The van der Waals surface area contributed by atoms with Crippen molar-refractivity contribution in [2.24, 2.45) is 11.8 Å². The van der Waals surface area contributed by atoms with Gasteiger partial charge in [-0.25, -0.2) is 0 Å². The highest BCUT2D eigenvalue weighted by molar-refractivity contribution is 5.99. The molecule has 1 amide bonds. The Hall–Kier alpha value is -1.43. The van der Waals surface area contributed by atoms with E-state index in [1.165, 1.54) is 0 Å². The highest BCUT2D eigenvalue weighted by Gasteiger charge is 2.62. The molecular weight excluding hydrogens is 284 g/mol. The highest BCUT2D eigenvalue weighted by atomic mass is 16.5. The van der Waals surface area contributed by atoms with Crippen LogP contribution in [0, 0.1) is 11.8 Å². The maximum atomic E-state index is 12.6. The minimum atomic E-state index is -0.614. The molecule has 22 heavy (non-hydrogen) atoms. The molecule has 3 aliphatic rings. The Kier molecular flexibility index (Phi) is 3.97. The van der Waals surface area contributed by atoms with E-state index >= 15 is 0 Å². The second kappa shape index (κ2) is 5.65. The average Bonchev–Trinajstić information content (AvgIpc) is 3.38. The van der Waals surface area contributed by atoms with Gasteiger partial charge >= 0.3 is 0 Å². The number of ketones is 1. The van der Waals surface area contributed by atoms with Crippen molar-refractivity contribution in [3.8, 4) is 0 Å². The van der Waals surface area contributed by atoms with Crippen molar-refractivity contribution < 1.29 is 19.1 Å². The first-order chi connectivity index (χ1) is 10.5. The Morgan fingerprint density at radius 2 is 2.14 bits per heavy atom. The number of nitrogens with one attached hydrogen (secondary N) is 1. The Morgan fingerprint density at radius 3 is 2.68 bits per heavy atom. The summed E-state index contributed by atoms with van der Waals surface area (Å²) < 4.78 is 4.97. The summed E-state index contributed by atoms with van der Waals surface area (Å²) in [7, 11) is 1.85. The minimum absolute atomic E-state index is 0.107. The van der Waals surface area contributed by atoms with E-state index in [1.54, 1.807) is 0 Å². The highest BCUT2D eigenvalue weighted by Crippen LogP contribution is 2.51. The first-order valence-corrected chi connectivity index (χ1v) is 8.17. The van der Waals surface area contributed by atoms with E-state index in [-0.39, 0.29) is 35.7 Å². The molecule has 2 aliphatic carbocycles. The summed E-state index contributed by atoms with van der Waals surface area (Å²) in [5.41, 5.74) is -0.614. The lowest BCUT2D eigenvalue weighted by Gasteiger charge is -2.23. The maximum absolute atomic E-state index is 12.6. The van der Waals surface area contributed by atoms with Gasteiger partial charge in [0, 0.05) is 18.9 Å². The van der Waals surface area contributed by atoms with E-state index in [2.05, 4.69) is 12.2 Å². The molecule has 0 bridgehead atoms. The van der Waals surface area contributed by atoms with Crippen LogP contribution in [0.3, 0.4) is 0 Å². The van der Waals surface area contributed by atoms with Gasteiger partial charge in [-0.3, -0.25) is 19.3 Å². The monoisotopic (exact) mass is 308 g/mol. The van der Waals surface area contributed by atoms with Crippen LogP contribution in [0.5, 0.6) is 0 Å². The summed E-state index contributed by atoms with van der Waals surface area (Å²) >= 11 is 0. The zero-order chi connectivity index (χ0) is 15.9. The van der Waals surface area contributed by atoms with E-state index in [4.69, 9.17) is 4.74 Å². The Balaban J connectivity index is 1.65. The van der Waals surface area contributed by atoms with Crippen LogP contribution in [0.1, 0.15) is 39.0 Å². The average molecular weight is 308 g/mol. The molecule has 3 fully saturated rings. The first-order valence-electron chi connectivity index (χ1n) is 8.17. The van der Waals surface area contributed by atoms with Crippen LogP contribution in [0.15, 0.2) is 0 Å². The standard InChI is InChI=1S/C16H24N2O4/c1-3-11-7-16(11,14(20)10-4-5-10)17-15(21)13-6-12(22-9-19)8-18(13)2/h9-13H,3-8H2,1-2H3,(H,17,21)/t11?,12-,13?,16-/m1/s1.